The molecule has 4 nitrogen and oxygen atoms in total. The second kappa shape index (κ2) is 5.83. The predicted molar refractivity (Wildman–Crippen MR) is 87.2 cm³/mol. The van der Waals surface area contributed by atoms with Crippen molar-refractivity contribution in [1.29, 1.82) is 0 Å². The van der Waals surface area contributed by atoms with Crippen LogP contribution in [0.3, 0.4) is 0 Å². The second-order valence-electron chi connectivity index (χ2n) is 5.21. The van der Waals surface area contributed by atoms with Gasteiger partial charge in [-0.2, -0.15) is 0 Å². The number of rotatable bonds is 5. The first-order chi connectivity index (χ1) is 10.1. The Hall–Kier alpha value is -1.30. The Morgan fingerprint density at radius 3 is 2.95 bits per heavy atom. The van der Waals surface area contributed by atoms with E-state index >= 15 is 0 Å². The van der Waals surface area contributed by atoms with Gasteiger partial charge in [0, 0.05) is 34.8 Å². The number of hydrogen-bond donors (Lipinski definition) is 1. The molecule has 0 bridgehead atoms. The molecule has 1 aromatic carbocycles. The van der Waals surface area contributed by atoms with Gasteiger partial charge in [-0.3, -0.25) is 4.79 Å². The number of amides is 1. The Balaban J connectivity index is 1.94. The maximum atomic E-state index is 12.8. The lowest BCUT2D eigenvalue weighted by Gasteiger charge is -2.21. The van der Waals surface area contributed by atoms with Crippen molar-refractivity contribution in [2.24, 2.45) is 0 Å². The van der Waals surface area contributed by atoms with E-state index in [4.69, 9.17) is 22.1 Å². The number of methoxy groups -OCH3 is 1. The van der Waals surface area contributed by atoms with Crippen molar-refractivity contribution in [2.75, 3.05) is 26.0 Å². The van der Waals surface area contributed by atoms with Crippen molar-refractivity contribution >= 4 is 44.6 Å². The van der Waals surface area contributed by atoms with Crippen LogP contribution in [-0.2, 0) is 4.74 Å². The van der Waals surface area contributed by atoms with Gasteiger partial charge in [0.2, 0.25) is 0 Å². The van der Waals surface area contributed by atoms with Crippen LogP contribution in [0.2, 0.25) is 5.02 Å². The number of anilines is 1. The van der Waals surface area contributed by atoms with Crippen molar-refractivity contribution in [1.82, 2.24) is 4.90 Å². The van der Waals surface area contributed by atoms with Crippen molar-refractivity contribution < 1.29 is 9.53 Å². The lowest BCUT2D eigenvalue weighted by atomic mass is 10.2. The fourth-order valence-corrected chi connectivity index (χ4v) is 3.64. The number of carbonyl (C=O) groups is 1. The molecule has 6 heteroatoms. The molecule has 2 N–H and O–H groups in total. The molecule has 0 saturated heterocycles. The van der Waals surface area contributed by atoms with Gasteiger partial charge in [-0.15, -0.1) is 11.3 Å². The Kier molecular flexibility index (Phi) is 4.06. The Morgan fingerprint density at radius 2 is 2.29 bits per heavy atom. The van der Waals surface area contributed by atoms with Gasteiger partial charge in [0.25, 0.3) is 5.91 Å². The molecule has 112 valence electrons. The molecule has 0 spiro atoms. The standard InChI is InChI=1S/C15H17ClN2O2S/c1-20-7-6-18(10-3-4-10)15(19)14-13(17)11-8-9(16)2-5-12(11)21-14/h2,5,8,10H,3-4,6-7,17H2,1H3. The summed E-state index contributed by atoms with van der Waals surface area (Å²) < 4.78 is 6.09. The zero-order valence-corrected chi connectivity index (χ0v) is 13.3. The third-order valence-electron chi connectivity index (χ3n) is 3.67. The second-order valence-corrected chi connectivity index (χ2v) is 6.70. The molecule has 1 amide bonds. The van der Waals surface area contributed by atoms with E-state index in [0.717, 1.165) is 22.9 Å². The van der Waals surface area contributed by atoms with Gasteiger partial charge in [-0.1, -0.05) is 11.6 Å². The molecule has 1 fully saturated rings. The zero-order chi connectivity index (χ0) is 15.0. The van der Waals surface area contributed by atoms with Crippen LogP contribution in [-0.4, -0.2) is 37.1 Å². The van der Waals surface area contributed by atoms with Gasteiger partial charge in [0.05, 0.1) is 12.3 Å². The smallest absolute Gasteiger partial charge is 0.266 e. The monoisotopic (exact) mass is 324 g/mol. The molecule has 2 aromatic rings. The number of halogens is 1. The third kappa shape index (κ3) is 2.86. The van der Waals surface area contributed by atoms with Crippen LogP contribution >= 0.6 is 22.9 Å². The molecular formula is C15H17ClN2O2S. The van der Waals surface area contributed by atoms with E-state index in [0.29, 0.717) is 34.8 Å². The highest BCUT2D eigenvalue weighted by atomic mass is 35.5. The number of carbonyl (C=O) groups excluding carboxylic acids is 1. The molecule has 1 aliphatic carbocycles. The third-order valence-corrected chi connectivity index (χ3v) is 5.08. The molecular weight excluding hydrogens is 308 g/mol. The van der Waals surface area contributed by atoms with E-state index in [-0.39, 0.29) is 5.91 Å². The van der Waals surface area contributed by atoms with Crippen LogP contribution < -0.4 is 5.73 Å². The van der Waals surface area contributed by atoms with Crippen LogP contribution in [0.4, 0.5) is 5.69 Å². The highest BCUT2D eigenvalue weighted by molar-refractivity contribution is 7.21. The summed E-state index contributed by atoms with van der Waals surface area (Å²) in [6.45, 7) is 1.15. The van der Waals surface area contributed by atoms with E-state index in [9.17, 15) is 4.79 Å². The SMILES string of the molecule is COCCN(C(=O)c1sc2ccc(Cl)cc2c1N)C1CC1. The lowest BCUT2D eigenvalue weighted by Crippen LogP contribution is -2.35. The quantitative estimate of drug-likeness (QED) is 0.917. The van der Waals surface area contributed by atoms with Gasteiger partial charge in [-0.05, 0) is 31.0 Å². The van der Waals surface area contributed by atoms with E-state index in [1.54, 1.807) is 7.11 Å². The maximum Gasteiger partial charge on any atom is 0.266 e. The molecule has 1 saturated carbocycles. The van der Waals surface area contributed by atoms with Crippen LogP contribution in [0.1, 0.15) is 22.5 Å². The van der Waals surface area contributed by atoms with Crippen molar-refractivity contribution in [3.05, 3.63) is 28.1 Å². The molecule has 0 atom stereocenters. The summed E-state index contributed by atoms with van der Waals surface area (Å²) in [5.74, 6) is 0.00405. The summed E-state index contributed by atoms with van der Waals surface area (Å²) >= 11 is 7.44. The largest absolute Gasteiger partial charge is 0.397 e. The summed E-state index contributed by atoms with van der Waals surface area (Å²) in [7, 11) is 1.64. The van der Waals surface area contributed by atoms with Crippen molar-refractivity contribution in [3.63, 3.8) is 0 Å². The number of fused-ring (bicyclic) bond motifs is 1. The molecule has 1 heterocycles. The van der Waals surface area contributed by atoms with Gasteiger partial charge in [0.15, 0.2) is 0 Å². The minimum absolute atomic E-state index is 0.00405. The normalized spacial score (nSPS) is 14.6. The molecule has 0 radical (unpaired) electrons. The molecule has 3 rings (SSSR count). The van der Waals surface area contributed by atoms with Gasteiger partial charge < -0.3 is 15.4 Å². The first-order valence-corrected chi connectivity index (χ1v) is 8.08. The number of nitrogen functional groups attached to an aromatic ring is 1. The number of benzene rings is 1. The van der Waals surface area contributed by atoms with Crippen LogP contribution in [0.5, 0.6) is 0 Å². The average Bonchev–Trinajstić information content (AvgIpc) is 3.25. The topological polar surface area (TPSA) is 55.6 Å². The summed E-state index contributed by atoms with van der Waals surface area (Å²) in [5, 5.41) is 1.49. The lowest BCUT2D eigenvalue weighted by molar-refractivity contribution is 0.0686. The number of nitrogens with zero attached hydrogens (tertiary/aromatic N) is 1. The molecule has 0 unspecified atom stereocenters. The minimum Gasteiger partial charge on any atom is -0.397 e. The van der Waals surface area contributed by atoms with E-state index in [1.807, 2.05) is 23.1 Å². The predicted octanol–water partition coefficient (Wildman–Crippen LogP) is 3.39. The number of ether oxygens (including phenoxy) is 1. The summed E-state index contributed by atoms with van der Waals surface area (Å²) in [4.78, 5) is 15.3. The van der Waals surface area contributed by atoms with Gasteiger partial charge in [-0.25, -0.2) is 0 Å². The fourth-order valence-electron chi connectivity index (χ4n) is 2.40. The fraction of sp³-hybridized carbons (Fsp3) is 0.400. The average molecular weight is 325 g/mol. The van der Waals surface area contributed by atoms with Crippen LogP contribution in [0.25, 0.3) is 10.1 Å². The molecule has 21 heavy (non-hydrogen) atoms. The Morgan fingerprint density at radius 1 is 1.52 bits per heavy atom. The first-order valence-electron chi connectivity index (χ1n) is 6.89. The van der Waals surface area contributed by atoms with Crippen molar-refractivity contribution in [3.8, 4) is 0 Å². The molecule has 0 aliphatic heterocycles. The highest BCUT2D eigenvalue weighted by Crippen LogP contribution is 2.37. The summed E-state index contributed by atoms with van der Waals surface area (Å²) in [6.07, 6.45) is 2.12. The zero-order valence-electron chi connectivity index (χ0n) is 11.8. The minimum atomic E-state index is 0.00405. The Labute approximate surface area is 132 Å². The van der Waals surface area contributed by atoms with E-state index in [1.165, 1.54) is 11.3 Å². The van der Waals surface area contributed by atoms with Gasteiger partial charge in [0.1, 0.15) is 4.88 Å². The van der Waals surface area contributed by atoms with Crippen LogP contribution in [0.15, 0.2) is 18.2 Å². The maximum absolute atomic E-state index is 12.8. The Bertz CT molecular complexity index is 682. The van der Waals surface area contributed by atoms with E-state index in [2.05, 4.69) is 0 Å². The van der Waals surface area contributed by atoms with E-state index < -0.39 is 0 Å². The molecule has 1 aromatic heterocycles. The number of nitrogens with two attached hydrogens (primary N) is 1. The van der Waals surface area contributed by atoms with Crippen LogP contribution in [0, 0.1) is 0 Å². The number of hydrogen-bond acceptors (Lipinski definition) is 4. The van der Waals surface area contributed by atoms with Crippen molar-refractivity contribution in [2.45, 2.75) is 18.9 Å². The van der Waals surface area contributed by atoms with Gasteiger partial charge >= 0.3 is 0 Å². The highest BCUT2D eigenvalue weighted by Gasteiger charge is 2.34. The summed E-state index contributed by atoms with van der Waals surface area (Å²) in [6, 6.07) is 5.88. The number of thiophene rings is 1. The summed E-state index contributed by atoms with van der Waals surface area (Å²) in [5.41, 5.74) is 6.70. The molecule has 1 aliphatic rings. The first kappa shape index (κ1) is 14.6.